The van der Waals surface area contributed by atoms with Crippen molar-refractivity contribution in [2.24, 2.45) is 0 Å². The molecule has 1 unspecified atom stereocenters. The fourth-order valence-electron chi connectivity index (χ4n) is 2.21. The van der Waals surface area contributed by atoms with Gasteiger partial charge in [-0.3, -0.25) is 0 Å². The van der Waals surface area contributed by atoms with Gasteiger partial charge in [0.25, 0.3) is 0 Å². The van der Waals surface area contributed by atoms with Gasteiger partial charge in [0.2, 0.25) is 5.88 Å². The van der Waals surface area contributed by atoms with E-state index in [1.165, 1.54) is 0 Å². The van der Waals surface area contributed by atoms with Crippen molar-refractivity contribution in [2.75, 3.05) is 19.8 Å². The van der Waals surface area contributed by atoms with Gasteiger partial charge >= 0.3 is 5.97 Å². The minimum atomic E-state index is -0.391. The summed E-state index contributed by atoms with van der Waals surface area (Å²) >= 11 is 0. The molecule has 1 aliphatic rings. The number of carbonyl (C=O) groups excluding carboxylic acids is 1. The highest BCUT2D eigenvalue weighted by Crippen LogP contribution is 2.21. The van der Waals surface area contributed by atoms with Crippen LogP contribution in [-0.4, -0.2) is 36.9 Å². The first-order valence-electron chi connectivity index (χ1n) is 8.09. The molecule has 0 bridgehead atoms. The zero-order chi connectivity index (χ0) is 16.4. The number of pyridine rings is 1. The molecule has 1 atom stereocenters. The smallest absolute Gasteiger partial charge is 0.343 e. The molecule has 0 saturated carbocycles. The Hall–Kier alpha value is -1.62. The Morgan fingerprint density at radius 3 is 2.82 bits per heavy atom. The highest BCUT2D eigenvalue weighted by molar-refractivity contribution is 5.93. The normalized spacial score (nSPS) is 17.2. The van der Waals surface area contributed by atoms with Crippen molar-refractivity contribution in [1.82, 2.24) is 4.98 Å². The van der Waals surface area contributed by atoms with Crippen molar-refractivity contribution < 1.29 is 19.0 Å². The molecular formula is C17H27NO4. The van der Waals surface area contributed by atoms with Gasteiger partial charge in [0, 0.05) is 12.8 Å². The third-order valence-electron chi connectivity index (χ3n) is 3.28. The molecule has 0 N–H and O–H groups in total. The van der Waals surface area contributed by atoms with Crippen molar-refractivity contribution in [3.63, 3.8) is 0 Å². The largest absolute Gasteiger partial charge is 0.474 e. The van der Waals surface area contributed by atoms with Gasteiger partial charge < -0.3 is 14.2 Å². The Morgan fingerprint density at radius 2 is 2.18 bits per heavy atom. The topological polar surface area (TPSA) is 57.7 Å². The monoisotopic (exact) mass is 309 g/mol. The van der Waals surface area contributed by atoms with Crippen LogP contribution in [0.25, 0.3) is 0 Å². The quantitative estimate of drug-likeness (QED) is 0.779. The maximum absolute atomic E-state index is 12.0. The lowest BCUT2D eigenvalue weighted by Crippen LogP contribution is -2.26. The number of esters is 1. The van der Waals surface area contributed by atoms with Crippen molar-refractivity contribution in [3.8, 4) is 5.88 Å². The van der Waals surface area contributed by atoms with Crippen LogP contribution in [0.2, 0.25) is 0 Å². The van der Waals surface area contributed by atoms with Crippen LogP contribution in [0.5, 0.6) is 5.88 Å². The van der Waals surface area contributed by atoms with Gasteiger partial charge in [-0.1, -0.05) is 13.8 Å². The van der Waals surface area contributed by atoms with Gasteiger partial charge in [0.1, 0.15) is 12.2 Å². The van der Waals surface area contributed by atoms with Crippen LogP contribution in [0.3, 0.4) is 0 Å². The Kier molecular flexibility index (Phi) is 8.51. The average Bonchev–Trinajstić information content (AvgIpc) is 2.56. The van der Waals surface area contributed by atoms with Crippen LogP contribution in [0.1, 0.15) is 56.0 Å². The number of ether oxygens (including phenoxy) is 3. The lowest BCUT2D eigenvalue weighted by Gasteiger charge is -2.22. The first kappa shape index (κ1) is 18.4. The third kappa shape index (κ3) is 5.30. The number of rotatable bonds is 5. The molecule has 0 aromatic carbocycles. The van der Waals surface area contributed by atoms with E-state index in [0.717, 1.165) is 31.4 Å². The predicted octanol–water partition coefficient (Wildman–Crippen LogP) is 3.54. The first-order chi connectivity index (χ1) is 10.7. The van der Waals surface area contributed by atoms with E-state index in [1.54, 1.807) is 19.2 Å². The Labute approximate surface area is 133 Å². The van der Waals surface area contributed by atoms with Crippen molar-refractivity contribution >= 4 is 5.97 Å². The molecule has 1 fully saturated rings. The third-order valence-corrected chi connectivity index (χ3v) is 3.28. The number of carbonyl (C=O) groups is 1. The van der Waals surface area contributed by atoms with Crippen molar-refractivity contribution in [1.29, 1.82) is 0 Å². The zero-order valence-corrected chi connectivity index (χ0v) is 14.1. The fraction of sp³-hybridized carbons (Fsp3) is 0.647. The van der Waals surface area contributed by atoms with E-state index < -0.39 is 5.97 Å². The van der Waals surface area contributed by atoms with Crippen molar-refractivity contribution in [3.05, 3.63) is 23.4 Å². The molecule has 5 nitrogen and oxygen atoms in total. The van der Waals surface area contributed by atoms with Crippen LogP contribution in [0.15, 0.2) is 12.3 Å². The minimum absolute atomic E-state index is 0.0844. The standard InChI is InChI=1S/C15H21NO4.C2H6/c1-3-18-15(17)13-11(2)7-8-16-14(13)20-10-12-6-4-5-9-19-12;1-2/h7-8,12H,3-6,9-10H2,1-2H3;1-2H3. The van der Waals surface area contributed by atoms with Gasteiger partial charge in [0.15, 0.2) is 0 Å². The van der Waals surface area contributed by atoms with Gasteiger partial charge in [-0.05, 0) is 44.7 Å². The van der Waals surface area contributed by atoms with Crippen molar-refractivity contribution in [2.45, 2.75) is 53.1 Å². The number of hydrogen-bond acceptors (Lipinski definition) is 5. The Balaban J connectivity index is 0.00000116. The molecule has 5 heteroatoms. The number of aryl methyl sites for hydroxylation is 1. The zero-order valence-electron chi connectivity index (χ0n) is 14.1. The molecule has 1 saturated heterocycles. The van der Waals surface area contributed by atoms with Crippen LogP contribution >= 0.6 is 0 Å². The molecule has 2 heterocycles. The molecule has 22 heavy (non-hydrogen) atoms. The molecule has 0 aliphatic carbocycles. The highest BCUT2D eigenvalue weighted by atomic mass is 16.5. The van der Waals surface area contributed by atoms with Gasteiger partial charge in [0.05, 0.1) is 12.7 Å². The van der Waals surface area contributed by atoms with E-state index in [9.17, 15) is 4.79 Å². The Bertz CT molecular complexity index is 456. The van der Waals surface area contributed by atoms with Crippen LogP contribution < -0.4 is 4.74 Å². The molecule has 0 spiro atoms. The summed E-state index contributed by atoms with van der Waals surface area (Å²) in [6, 6.07) is 1.77. The van der Waals surface area contributed by atoms with Crippen LogP contribution in [0, 0.1) is 6.92 Å². The average molecular weight is 309 g/mol. The first-order valence-corrected chi connectivity index (χ1v) is 8.09. The van der Waals surface area contributed by atoms with Crippen LogP contribution in [-0.2, 0) is 9.47 Å². The summed E-state index contributed by atoms with van der Waals surface area (Å²) < 4.78 is 16.3. The molecule has 124 valence electrons. The molecule has 0 amide bonds. The lowest BCUT2D eigenvalue weighted by atomic mass is 10.1. The fourth-order valence-corrected chi connectivity index (χ4v) is 2.21. The van der Waals surface area contributed by atoms with E-state index in [1.807, 2.05) is 20.8 Å². The molecule has 1 aromatic heterocycles. The highest BCUT2D eigenvalue weighted by Gasteiger charge is 2.20. The summed E-state index contributed by atoms with van der Waals surface area (Å²) in [5, 5.41) is 0. The minimum Gasteiger partial charge on any atom is -0.474 e. The number of hydrogen-bond donors (Lipinski definition) is 0. The lowest BCUT2D eigenvalue weighted by molar-refractivity contribution is -0.0123. The predicted molar refractivity (Wildman–Crippen MR) is 85.4 cm³/mol. The SMILES string of the molecule is CC.CCOC(=O)c1c(C)ccnc1OCC1CCCCO1. The van der Waals surface area contributed by atoms with Crippen LogP contribution in [0.4, 0.5) is 0 Å². The summed E-state index contributed by atoms with van der Waals surface area (Å²) in [4.78, 5) is 16.1. The molecule has 1 aromatic rings. The molecular weight excluding hydrogens is 282 g/mol. The second-order valence-electron chi connectivity index (χ2n) is 4.83. The summed E-state index contributed by atoms with van der Waals surface area (Å²) in [5.41, 5.74) is 1.21. The van der Waals surface area contributed by atoms with Gasteiger partial charge in [-0.25, -0.2) is 9.78 Å². The second kappa shape index (κ2) is 10.2. The van der Waals surface area contributed by atoms with E-state index in [4.69, 9.17) is 14.2 Å². The molecule has 1 aliphatic heterocycles. The van der Waals surface area contributed by atoms with E-state index in [-0.39, 0.29) is 6.10 Å². The second-order valence-corrected chi connectivity index (χ2v) is 4.83. The summed E-state index contributed by atoms with van der Waals surface area (Å²) in [7, 11) is 0. The summed E-state index contributed by atoms with van der Waals surface area (Å²) in [6.45, 7) is 9.15. The van der Waals surface area contributed by atoms with Gasteiger partial charge in [-0.2, -0.15) is 0 Å². The van der Waals surface area contributed by atoms with E-state index in [2.05, 4.69) is 4.98 Å². The van der Waals surface area contributed by atoms with E-state index in [0.29, 0.717) is 24.7 Å². The maximum atomic E-state index is 12.0. The van der Waals surface area contributed by atoms with Gasteiger partial charge in [-0.15, -0.1) is 0 Å². The Morgan fingerprint density at radius 1 is 1.41 bits per heavy atom. The number of aromatic nitrogens is 1. The maximum Gasteiger partial charge on any atom is 0.343 e. The molecule has 2 rings (SSSR count). The number of nitrogens with zero attached hydrogens (tertiary/aromatic N) is 1. The summed E-state index contributed by atoms with van der Waals surface area (Å²) in [5.74, 6) is -0.0599. The molecule has 0 radical (unpaired) electrons. The summed E-state index contributed by atoms with van der Waals surface area (Å²) in [6.07, 6.45) is 4.96. The van der Waals surface area contributed by atoms with E-state index >= 15 is 0 Å².